The maximum atomic E-state index is 6.34. The van der Waals surface area contributed by atoms with Crippen LogP contribution in [0.4, 0.5) is 5.69 Å². The van der Waals surface area contributed by atoms with Gasteiger partial charge in [-0.15, -0.1) is 11.3 Å². The summed E-state index contributed by atoms with van der Waals surface area (Å²) in [6, 6.07) is 8.30. The molecule has 2 aromatic rings. The highest BCUT2D eigenvalue weighted by atomic mass is 79.9. The second-order valence-corrected chi connectivity index (χ2v) is 6.73. The van der Waals surface area contributed by atoms with Gasteiger partial charge in [0.1, 0.15) is 0 Å². The molecule has 0 saturated carbocycles. The summed E-state index contributed by atoms with van der Waals surface area (Å²) in [5.74, 6) is 0. The van der Waals surface area contributed by atoms with Crippen molar-refractivity contribution in [1.82, 2.24) is 0 Å². The second kappa shape index (κ2) is 6.75. The number of hydrogen-bond donors (Lipinski definition) is 1. The van der Waals surface area contributed by atoms with Crippen molar-refractivity contribution >= 4 is 44.6 Å². The van der Waals surface area contributed by atoms with Crippen LogP contribution in [0.5, 0.6) is 0 Å². The first-order valence-corrected chi connectivity index (χ1v) is 8.07. The summed E-state index contributed by atoms with van der Waals surface area (Å²) in [5, 5.41) is 2.87. The Bertz CT molecular complexity index is 556. The number of anilines is 1. The summed E-state index contributed by atoms with van der Waals surface area (Å²) in [6.07, 6.45) is 0.863. The van der Waals surface area contributed by atoms with E-state index in [4.69, 9.17) is 17.3 Å². The molecule has 0 radical (unpaired) electrons. The molecular weight excluding hydrogens is 344 g/mol. The van der Waals surface area contributed by atoms with Crippen LogP contribution in [0.25, 0.3) is 0 Å². The van der Waals surface area contributed by atoms with E-state index in [1.54, 1.807) is 11.3 Å². The molecule has 0 fully saturated rings. The molecule has 0 saturated heterocycles. The van der Waals surface area contributed by atoms with Crippen LogP contribution in [0.3, 0.4) is 0 Å². The SMILES string of the molecule is CN(Cc1cc(Br)cs1)c1ccc(CCN)cc1Cl. The molecule has 1 heterocycles. The highest BCUT2D eigenvalue weighted by molar-refractivity contribution is 9.10. The van der Waals surface area contributed by atoms with Gasteiger partial charge in [-0.05, 0) is 52.7 Å². The van der Waals surface area contributed by atoms with Crippen LogP contribution in [0.1, 0.15) is 10.4 Å². The van der Waals surface area contributed by atoms with E-state index in [-0.39, 0.29) is 0 Å². The molecule has 0 unspecified atom stereocenters. The van der Waals surface area contributed by atoms with Crippen molar-refractivity contribution < 1.29 is 0 Å². The Labute approximate surface area is 131 Å². The summed E-state index contributed by atoms with van der Waals surface area (Å²) >= 11 is 11.6. The minimum Gasteiger partial charge on any atom is -0.368 e. The summed E-state index contributed by atoms with van der Waals surface area (Å²) in [5.41, 5.74) is 7.79. The van der Waals surface area contributed by atoms with Crippen molar-refractivity contribution in [2.45, 2.75) is 13.0 Å². The normalized spacial score (nSPS) is 10.7. The van der Waals surface area contributed by atoms with Gasteiger partial charge >= 0.3 is 0 Å². The first kappa shape index (κ1) is 14.9. The van der Waals surface area contributed by atoms with Crippen molar-refractivity contribution in [3.05, 3.63) is 49.6 Å². The summed E-state index contributed by atoms with van der Waals surface area (Å²) < 4.78 is 1.13. The topological polar surface area (TPSA) is 29.3 Å². The quantitative estimate of drug-likeness (QED) is 0.862. The van der Waals surface area contributed by atoms with Crippen LogP contribution in [0, 0.1) is 0 Å². The van der Waals surface area contributed by atoms with Crippen LogP contribution in [0.15, 0.2) is 34.1 Å². The molecule has 1 aromatic heterocycles. The van der Waals surface area contributed by atoms with E-state index in [2.05, 4.69) is 51.5 Å². The Kier molecular flexibility index (Phi) is 5.28. The van der Waals surface area contributed by atoms with Gasteiger partial charge in [0.2, 0.25) is 0 Å². The summed E-state index contributed by atoms with van der Waals surface area (Å²) in [7, 11) is 2.05. The Morgan fingerprint density at radius 3 is 2.74 bits per heavy atom. The zero-order valence-corrected chi connectivity index (χ0v) is 13.9. The van der Waals surface area contributed by atoms with Gasteiger partial charge in [-0.3, -0.25) is 0 Å². The van der Waals surface area contributed by atoms with Crippen LogP contribution in [-0.4, -0.2) is 13.6 Å². The van der Waals surface area contributed by atoms with Gasteiger partial charge in [0.05, 0.1) is 17.3 Å². The van der Waals surface area contributed by atoms with Crippen LogP contribution >= 0.6 is 38.9 Å². The number of thiophene rings is 1. The molecule has 5 heteroatoms. The molecule has 19 heavy (non-hydrogen) atoms. The third-order valence-electron chi connectivity index (χ3n) is 2.87. The fourth-order valence-corrected chi connectivity index (χ4v) is 3.79. The van der Waals surface area contributed by atoms with Crippen molar-refractivity contribution in [1.29, 1.82) is 0 Å². The third kappa shape index (κ3) is 3.96. The predicted molar refractivity (Wildman–Crippen MR) is 88.3 cm³/mol. The van der Waals surface area contributed by atoms with Gasteiger partial charge in [0.15, 0.2) is 0 Å². The van der Waals surface area contributed by atoms with E-state index in [1.165, 1.54) is 10.4 Å². The summed E-state index contributed by atoms with van der Waals surface area (Å²) in [4.78, 5) is 3.46. The number of halogens is 2. The number of nitrogens with two attached hydrogens (primary N) is 1. The maximum absolute atomic E-state index is 6.34. The zero-order chi connectivity index (χ0) is 13.8. The average Bonchev–Trinajstić information content (AvgIpc) is 2.75. The Balaban J connectivity index is 2.12. The number of hydrogen-bond acceptors (Lipinski definition) is 3. The molecule has 0 spiro atoms. The maximum Gasteiger partial charge on any atom is 0.0642 e. The molecule has 2 rings (SSSR count). The molecule has 0 aliphatic carbocycles. The van der Waals surface area contributed by atoms with Crippen molar-refractivity contribution in [2.24, 2.45) is 5.73 Å². The molecule has 0 amide bonds. The van der Waals surface area contributed by atoms with Gasteiger partial charge < -0.3 is 10.6 Å². The lowest BCUT2D eigenvalue weighted by molar-refractivity contribution is 0.933. The van der Waals surface area contributed by atoms with Crippen molar-refractivity contribution in [3.63, 3.8) is 0 Å². The van der Waals surface area contributed by atoms with E-state index in [0.717, 1.165) is 28.1 Å². The first-order chi connectivity index (χ1) is 9.10. The molecule has 1 aromatic carbocycles. The lowest BCUT2D eigenvalue weighted by Crippen LogP contribution is -2.16. The van der Waals surface area contributed by atoms with Gasteiger partial charge in [-0.25, -0.2) is 0 Å². The molecule has 0 bridgehead atoms. The lowest BCUT2D eigenvalue weighted by Gasteiger charge is -2.20. The van der Waals surface area contributed by atoms with Gasteiger partial charge in [-0.1, -0.05) is 17.7 Å². The molecule has 2 N–H and O–H groups in total. The average molecular weight is 360 g/mol. The van der Waals surface area contributed by atoms with E-state index >= 15 is 0 Å². The molecular formula is C14H16BrClN2S. The van der Waals surface area contributed by atoms with Gasteiger partial charge in [0, 0.05) is 21.8 Å². The minimum atomic E-state index is 0.648. The fraction of sp³-hybridized carbons (Fsp3) is 0.286. The highest BCUT2D eigenvalue weighted by Gasteiger charge is 2.08. The van der Waals surface area contributed by atoms with Gasteiger partial charge in [0.25, 0.3) is 0 Å². The van der Waals surface area contributed by atoms with E-state index in [0.29, 0.717) is 6.54 Å². The zero-order valence-electron chi connectivity index (χ0n) is 10.7. The Hall–Kier alpha value is -0.550. The molecule has 0 atom stereocenters. The first-order valence-electron chi connectivity index (χ1n) is 6.02. The lowest BCUT2D eigenvalue weighted by atomic mass is 10.1. The Morgan fingerprint density at radius 1 is 1.37 bits per heavy atom. The number of rotatable bonds is 5. The predicted octanol–water partition coefficient (Wildman–Crippen LogP) is 4.30. The third-order valence-corrected chi connectivity index (χ3v) is 4.86. The molecule has 102 valence electrons. The standard InChI is InChI=1S/C14H16BrClN2S/c1-18(8-12-7-11(15)9-19-12)14-3-2-10(4-5-17)6-13(14)16/h2-3,6-7,9H,4-5,8,17H2,1H3. The van der Waals surface area contributed by atoms with Crippen LogP contribution in [0.2, 0.25) is 5.02 Å². The fourth-order valence-electron chi connectivity index (χ4n) is 1.94. The monoisotopic (exact) mass is 358 g/mol. The van der Waals surface area contributed by atoms with E-state index in [1.807, 2.05) is 6.07 Å². The van der Waals surface area contributed by atoms with Gasteiger partial charge in [-0.2, -0.15) is 0 Å². The smallest absolute Gasteiger partial charge is 0.0642 e. The number of benzene rings is 1. The van der Waals surface area contributed by atoms with E-state index in [9.17, 15) is 0 Å². The molecule has 0 aliphatic rings. The van der Waals surface area contributed by atoms with E-state index < -0.39 is 0 Å². The molecule has 0 aliphatic heterocycles. The number of nitrogens with zero attached hydrogens (tertiary/aromatic N) is 1. The second-order valence-electron chi connectivity index (χ2n) is 4.41. The molecule has 2 nitrogen and oxygen atoms in total. The Morgan fingerprint density at radius 2 is 2.16 bits per heavy atom. The largest absolute Gasteiger partial charge is 0.368 e. The minimum absolute atomic E-state index is 0.648. The summed E-state index contributed by atoms with van der Waals surface area (Å²) in [6.45, 7) is 1.50. The van der Waals surface area contributed by atoms with Crippen molar-refractivity contribution in [3.8, 4) is 0 Å². The highest BCUT2D eigenvalue weighted by Crippen LogP contribution is 2.29. The van der Waals surface area contributed by atoms with Crippen molar-refractivity contribution in [2.75, 3.05) is 18.5 Å². The van der Waals surface area contributed by atoms with Crippen LogP contribution in [-0.2, 0) is 13.0 Å². The van der Waals surface area contributed by atoms with Crippen LogP contribution < -0.4 is 10.6 Å².